The summed E-state index contributed by atoms with van der Waals surface area (Å²) in [5.74, 6) is 0.816. The van der Waals surface area contributed by atoms with E-state index in [4.69, 9.17) is 5.73 Å². The molecule has 0 saturated heterocycles. The number of hydrogen-bond donors (Lipinski definition) is 3. The minimum atomic E-state index is -0.114. The van der Waals surface area contributed by atoms with Crippen molar-refractivity contribution in [3.8, 4) is 0 Å². The number of pyridine rings is 1. The van der Waals surface area contributed by atoms with E-state index in [-0.39, 0.29) is 5.91 Å². The smallest absolute Gasteiger partial charge is 0.248 e. The summed E-state index contributed by atoms with van der Waals surface area (Å²) in [7, 11) is 0. The Morgan fingerprint density at radius 2 is 2.20 bits per heavy atom. The number of thioether (sulfide) groups is 1. The van der Waals surface area contributed by atoms with E-state index in [2.05, 4.69) is 15.8 Å². The molecular weight excluding hydrogens is 272 g/mol. The van der Waals surface area contributed by atoms with E-state index in [0.717, 1.165) is 16.1 Å². The summed E-state index contributed by atoms with van der Waals surface area (Å²) in [4.78, 5) is 16.8. The van der Waals surface area contributed by atoms with Crippen LogP contribution in [0.5, 0.6) is 0 Å². The Hall–Kier alpha value is -2.21. The third kappa shape index (κ3) is 4.17. The summed E-state index contributed by atoms with van der Waals surface area (Å²) in [6.45, 7) is 1.97. The third-order valence-corrected chi connectivity index (χ3v) is 3.73. The second kappa shape index (κ2) is 6.81. The standard InChI is InChI=1S/C14H16N4OS/c1-10-8-11(15)5-6-12(10)20-9-14(19)18-17-13-4-2-3-7-16-13/h2-8H,9,15H2,1H3,(H,16,17)(H,18,19). The van der Waals surface area contributed by atoms with E-state index >= 15 is 0 Å². The Bertz CT molecular complexity index is 589. The van der Waals surface area contributed by atoms with Crippen LogP contribution in [0.15, 0.2) is 47.5 Å². The fourth-order valence-electron chi connectivity index (χ4n) is 1.58. The molecule has 0 atom stereocenters. The van der Waals surface area contributed by atoms with Gasteiger partial charge in [-0.1, -0.05) is 6.07 Å². The summed E-state index contributed by atoms with van der Waals surface area (Å²) >= 11 is 1.47. The molecule has 1 heterocycles. The van der Waals surface area contributed by atoms with Crippen molar-refractivity contribution in [3.05, 3.63) is 48.2 Å². The minimum Gasteiger partial charge on any atom is -0.399 e. The van der Waals surface area contributed by atoms with E-state index in [1.54, 1.807) is 12.3 Å². The van der Waals surface area contributed by atoms with E-state index in [0.29, 0.717) is 11.6 Å². The maximum Gasteiger partial charge on any atom is 0.248 e. The van der Waals surface area contributed by atoms with Gasteiger partial charge in [-0.15, -0.1) is 11.8 Å². The van der Waals surface area contributed by atoms with Crippen LogP contribution in [0.2, 0.25) is 0 Å². The zero-order chi connectivity index (χ0) is 14.4. The van der Waals surface area contributed by atoms with Gasteiger partial charge in [-0.05, 0) is 42.8 Å². The lowest BCUT2D eigenvalue weighted by atomic mass is 10.2. The van der Waals surface area contributed by atoms with E-state index < -0.39 is 0 Å². The van der Waals surface area contributed by atoms with Crippen LogP contribution in [0, 0.1) is 6.92 Å². The van der Waals surface area contributed by atoms with E-state index in [1.807, 2.05) is 37.3 Å². The number of rotatable bonds is 5. The molecular formula is C14H16N4OS. The van der Waals surface area contributed by atoms with Crippen LogP contribution < -0.4 is 16.6 Å². The van der Waals surface area contributed by atoms with Crippen LogP contribution >= 0.6 is 11.8 Å². The molecule has 0 saturated carbocycles. The van der Waals surface area contributed by atoms with E-state index in [1.165, 1.54) is 11.8 Å². The highest BCUT2D eigenvalue weighted by atomic mass is 32.2. The van der Waals surface area contributed by atoms with Crippen molar-refractivity contribution in [1.29, 1.82) is 0 Å². The van der Waals surface area contributed by atoms with Crippen molar-refractivity contribution >= 4 is 29.2 Å². The Kier molecular flexibility index (Phi) is 4.84. The molecule has 4 N–H and O–H groups in total. The van der Waals surface area contributed by atoms with Crippen molar-refractivity contribution in [3.63, 3.8) is 0 Å². The lowest BCUT2D eigenvalue weighted by Crippen LogP contribution is -2.31. The molecule has 1 amide bonds. The average molecular weight is 288 g/mol. The average Bonchev–Trinajstić information content (AvgIpc) is 2.45. The largest absolute Gasteiger partial charge is 0.399 e. The highest BCUT2D eigenvalue weighted by Gasteiger charge is 2.05. The highest BCUT2D eigenvalue weighted by molar-refractivity contribution is 8.00. The predicted molar refractivity (Wildman–Crippen MR) is 82.3 cm³/mol. The number of carbonyl (C=O) groups is 1. The molecule has 0 radical (unpaired) electrons. The Labute approximate surface area is 121 Å². The van der Waals surface area contributed by atoms with Gasteiger partial charge in [-0.2, -0.15) is 0 Å². The zero-order valence-corrected chi connectivity index (χ0v) is 11.9. The van der Waals surface area contributed by atoms with Crippen LogP contribution in [0.25, 0.3) is 0 Å². The Morgan fingerprint density at radius 3 is 2.90 bits per heavy atom. The number of nitrogen functional groups attached to an aromatic ring is 1. The first-order chi connectivity index (χ1) is 9.65. The van der Waals surface area contributed by atoms with Crippen LogP contribution in [0.4, 0.5) is 11.5 Å². The highest BCUT2D eigenvalue weighted by Crippen LogP contribution is 2.23. The maximum absolute atomic E-state index is 11.7. The summed E-state index contributed by atoms with van der Waals surface area (Å²) in [5.41, 5.74) is 12.9. The van der Waals surface area contributed by atoms with Crippen molar-refractivity contribution in [2.45, 2.75) is 11.8 Å². The van der Waals surface area contributed by atoms with E-state index in [9.17, 15) is 4.79 Å². The molecule has 0 bridgehead atoms. The molecule has 0 aliphatic rings. The van der Waals surface area contributed by atoms with Gasteiger partial charge in [0.2, 0.25) is 5.91 Å². The fraction of sp³-hybridized carbons (Fsp3) is 0.143. The number of anilines is 2. The lowest BCUT2D eigenvalue weighted by Gasteiger charge is -2.08. The molecule has 2 rings (SSSR count). The predicted octanol–water partition coefficient (Wildman–Crippen LogP) is 2.21. The number of aryl methyl sites for hydroxylation is 1. The Morgan fingerprint density at radius 1 is 1.35 bits per heavy atom. The molecule has 2 aromatic rings. The molecule has 0 unspecified atom stereocenters. The lowest BCUT2D eigenvalue weighted by molar-refractivity contribution is -0.118. The summed E-state index contributed by atoms with van der Waals surface area (Å²) in [5, 5.41) is 0. The van der Waals surface area contributed by atoms with Crippen LogP contribution in [-0.2, 0) is 4.79 Å². The normalized spacial score (nSPS) is 10.1. The maximum atomic E-state index is 11.7. The number of hydrogen-bond acceptors (Lipinski definition) is 5. The van der Waals surface area contributed by atoms with Crippen molar-refractivity contribution in [2.75, 3.05) is 16.9 Å². The van der Waals surface area contributed by atoms with Gasteiger partial charge in [0, 0.05) is 16.8 Å². The van der Waals surface area contributed by atoms with Gasteiger partial charge in [0.05, 0.1) is 5.75 Å². The number of carbonyl (C=O) groups excluding carboxylic acids is 1. The molecule has 0 aliphatic heterocycles. The minimum absolute atomic E-state index is 0.114. The number of hydrazine groups is 1. The van der Waals surface area contributed by atoms with Gasteiger partial charge in [-0.3, -0.25) is 15.6 Å². The molecule has 1 aromatic heterocycles. The number of aromatic nitrogens is 1. The van der Waals surface area contributed by atoms with Gasteiger partial charge < -0.3 is 5.73 Å². The third-order valence-electron chi connectivity index (χ3n) is 2.55. The van der Waals surface area contributed by atoms with Gasteiger partial charge in [0.25, 0.3) is 0 Å². The fourth-order valence-corrected chi connectivity index (χ4v) is 2.39. The molecule has 6 heteroatoms. The van der Waals surface area contributed by atoms with Crippen molar-refractivity contribution in [2.24, 2.45) is 0 Å². The molecule has 1 aromatic carbocycles. The van der Waals surface area contributed by atoms with Crippen LogP contribution in [-0.4, -0.2) is 16.6 Å². The molecule has 5 nitrogen and oxygen atoms in total. The number of nitrogens with one attached hydrogen (secondary N) is 2. The Balaban J connectivity index is 1.80. The molecule has 0 aliphatic carbocycles. The monoisotopic (exact) mass is 288 g/mol. The van der Waals surface area contributed by atoms with Crippen molar-refractivity contribution < 1.29 is 4.79 Å². The SMILES string of the molecule is Cc1cc(N)ccc1SCC(=O)NNc1ccccn1. The first-order valence-electron chi connectivity index (χ1n) is 6.10. The molecule has 0 fully saturated rings. The number of nitrogens with two attached hydrogens (primary N) is 1. The van der Waals surface area contributed by atoms with Gasteiger partial charge in [-0.25, -0.2) is 4.98 Å². The second-order valence-corrected chi connectivity index (χ2v) is 5.22. The van der Waals surface area contributed by atoms with Crippen LogP contribution in [0.1, 0.15) is 5.56 Å². The first-order valence-corrected chi connectivity index (χ1v) is 7.08. The summed E-state index contributed by atoms with van der Waals surface area (Å²) < 4.78 is 0. The van der Waals surface area contributed by atoms with Gasteiger partial charge in [0.1, 0.15) is 5.82 Å². The van der Waals surface area contributed by atoms with Gasteiger partial charge in [0.15, 0.2) is 0 Å². The summed E-state index contributed by atoms with van der Waals surface area (Å²) in [6, 6.07) is 11.1. The van der Waals surface area contributed by atoms with Gasteiger partial charge >= 0.3 is 0 Å². The second-order valence-electron chi connectivity index (χ2n) is 4.20. The van der Waals surface area contributed by atoms with Crippen molar-refractivity contribution in [1.82, 2.24) is 10.4 Å². The first kappa shape index (κ1) is 14.2. The number of nitrogens with zero attached hydrogens (tertiary/aromatic N) is 1. The zero-order valence-electron chi connectivity index (χ0n) is 11.1. The van der Waals surface area contributed by atoms with Crippen LogP contribution in [0.3, 0.4) is 0 Å². The summed E-state index contributed by atoms with van der Waals surface area (Å²) in [6.07, 6.45) is 1.65. The number of amides is 1. The molecule has 104 valence electrons. The topological polar surface area (TPSA) is 80.0 Å². The molecule has 0 spiro atoms. The number of benzene rings is 1. The molecule has 20 heavy (non-hydrogen) atoms. The quantitative estimate of drug-likeness (QED) is 0.446.